The Kier molecular flexibility index (Phi) is 2.98. The molecule has 0 spiro atoms. The summed E-state index contributed by atoms with van der Waals surface area (Å²) >= 11 is 6.49. The molecule has 1 aromatic carbocycles. The highest BCUT2D eigenvalue weighted by Crippen LogP contribution is 2.32. The van der Waals surface area contributed by atoms with Gasteiger partial charge in [-0.25, -0.2) is 4.79 Å². The molecule has 0 saturated heterocycles. The van der Waals surface area contributed by atoms with Crippen molar-refractivity contribution < 1.29 is 4.42 Å². The fraction of sp³-hybridized carbons (Fsp3) is 0.267. The highest BCUT2D eigenvalue weighted by atomic mass is 35.5. The van der Waals surface area contributed by atoms with Gasteiger partial charge in [0, 0.05) is 14.1 Å². The lowest BCUT2D eigenvalue weighted by Crippen LogP contribution is -2.19. The summed E-state index contributed by atoms with van der Waals surface area (Å²) in [7, 11) is 3.52. The average molecular weight is 291 g/mol. The van der Waals surface area contributed by atoms with E-state index in [9.17, 15) is 4.79 Å². The van der Waals surface area contributed by atoms with Crippen LogP contribution in [0.1, 0.15) is 22.3 Å². The van der Waals surface area contributed by atoms with Crippen LogP contribution in [0.15, 0.2) is 39.7 Å². The Hall–Kier alpha value is -1.94. The topological polar surface area (TPSA) is 40.1 Å². The first-order valence-corrected chi connectivity index (χ1v) is 6.77. The van der Waals surface area contributed by atoms with Crippen molar-refractivity contribution in [3.8, 4) is 0 Å². The molecule has 3 rings (SSSR count). The van der Waals surface area contributed by atoms with Gasteiger partial charge in [-0.3, -0.25) is 9.13 Å². The number of aryl methyl sites for hydroxylation is 3. The second-order valence-electron chi connectivity index (χ2n) is 4.98. The second-order valence-corrected chi connectivity index (χ2v) is 5.42. The van der Waals surface area contributed by atoms with Crippen LogP contribution in [0.3, 0.4) is 0 Å². The highest BCUT2D eigenvalue weighted by Gasteiger charge is 2.18. The molecule has 0 aliphatic heterocycles. The molecule has 2 heterocycles. The van der Waals surface area contributed by atoms with Gasteiger partial charge in [0.05, 0.1) is 17.3 Å². The molecule has 0 bridgehead atoms. The van der Waals surface area contributed by atoms with E-state index >= 15 is 0 Å². The number of benzene rings is 1. The first-order valence-electron chi connectivity index (χ1n) is 6.34. The SMILES string of the molecule is Cc1ccoc1C(Cl)c1ccc2c(c1)n(C)c(=O)n2C. The third-order valence-electron chi connectivity index (χ3n) is 3.72. The second kappa shape index (κ2) is 4.56. The zero-order chi connectivity index (χ0) is 14.4. The van der Waals surface area contributed by atoms with E-state index < -0.39 is 0 Å². The maximum absolute atomic E-state index is 11.9. The maximum Gasteiger partial charge on any atom is 0.328 e. The Morgan fingerprint density at radius 1 is 1.15 bits per heavy atom. The lowest BCUT2D eigenvalue weighted by atomic mass is 10.1. The minimum atomic E-state index is -0.357. The summed E-state index contributed by atoms with van der Waals surface area (Å²) in [6.45, 7) is 1.96. The maximum atomic E-state index is 11.9. The van der Waals surface area contributed by atoms with E-state index in [0.717, 1.165) is 27.9 Å². The van der Waals surface area contributed by atoms with Gasteiger partial charge in [-0.1, -0.05) is 6.07 Å². The molecule has 20 heavy (non-hydrogen) atoms. The number of halogens is 1. The summed E-state index contributed by atoms with van der Waals surface area (Å²) in [6, 6.07) is 7.68. The lowest BCUT2D eigenvalue weighted by molar-refractivity contribution is 0.513. The number of furan rings is 1. The Balaban J connectivity index is 2.17. The van der Waals surface area contributed by atoms with Gasteiger partial charge in [0.1, 0.15) is 11.1 Å². The number of aromatic nitrogens is 2. The van der Waals surface area contributed by atoms with Crippen molar-refractivity contribution in [1.82, 2.24) is 9.13 Å². The zero-order valence-corrected chi connectivity index (χ0v) is 12.3. The highest BCUT2D eigenvalue weighted by molar-refractivity contribution is 6.22. The van der Waals surface area contributed by atoms with Crippen molar-refractivity contribution in [1.29, 1.82) is 0 Å². The number of fused-ring (bicyclic) bond motifs is 1. The van der Waals surface area contributed by atoms with Crippen LogP contribution in [0, 0.1) is 6.92 Å². The van der Waals surface area contributed by atoms with Crippen LogP contribution in [0.2, 0.25) is 0 Å². The van der Waals surface area contributed by atoms with Crippen molar-refractivity contribution in [3.63, 3.8) is 0 Å². The molecule has 2 aromatic heterocycles. The van der Waals surface area contributed by atoms with Gasteiger partial charge >= 0.3 is 5.69 Å². The smallest absolute Gasteiger partial charge is 0.328 e. The average Bonchev–Trinajstić information content (AvgIpc) is 2.97. The van der Waals surface area contributed by atoms with Crippen LogP contribution in [0.4, 0.5) is 0 Å². The van der Waals surface area contributed by atoms with Crippen molar-refractivity contribution in [2.45, 2.75) is 12.3 Å². The number of nitrogens with zero attached hydrogens (tertiary/aromatic N) is 2. The molecule has 0 radical (unpaired) electrons. The predicted octanol–water partition coefficient (Wildman–Crippen LogP) is 3.11. The van der Waals surface area contributed by atoms with Gasteiger partial charge in [0.2, 0.25) is 0 Å². The zero-order valence-electron chi connectivity index (χ0n) is 11.6. The Morgan fingerprint density at radius 3 is 2.50 bits per heavy atom. The quantitative estimate of drug-likeness (QED) is 0.680. The molecular weight excluding hydrogens is 276 g/mol. The number of rotatable bonds is 2. The van der Waals surface area contributed by atoms with E-state index in [1.54, 1.807) is 29.5 Å². The Bertz CT molecular complexity index is 841. The van der Waals surface area contributed by atoms with Crippen LogP contribution < -0.4 is 5.69 Å². The van der Waals surface area contributed by atoms with Crippen LogP contribution in [0.5, 0.6) is 0 Å². The summed E-state index contributed by atoms with van der Waals surface area (Å²) < 4.78 is 8.69. The third kappa shape index (κ3) is 1.79. The standard InChI is InChI=1S/C15H15ClN2O2/c1-9-6-7-20-14(9)13(16)10-4-5-11-12(8-10)18(3)15(19)17(11)2/h4-8,13H,1-3H3. The molecule has 3 aromatic rings. The molecule has 0 aliphatic rings. The first kappa shape index (κ1) is 13.1. The summed E-state index contributed by atoms with van der Waals surface area (Å²) in [4.78, 5) is 11.9. The number of hydrogen-bond donors (Lipinski definition) is 0. The molecule has 0 aliphatic carbocycles. The molecule has 4 nitrogen and oxygen atoms in total. The van der Waals surface area contributed by atoms with Gasteiger partial charge in [-0.2, -0.15) is 0 Å². The normalized spacial score (nSPS) is 13.0. The molecule has 5 heteroatoms. The predicted molar refractivity (Wildman–Crippen MR) is 79.3 cm³/mol. The van der Waals surface area contributed by atoms with Crippen molar-refractivity contribution in [2.24, 2.45) is 14.1 Å². The molecule has 104 valence electrons. The monoisotopic (exact) mass is 290 g/mol. The van der Waals surface area contributed by atoms with Crippen LogP contribution in [0.25, 0.3) is 11.0 Å². The van der Waals surface area contributed by atoms with Crippen molar-refractivity contribution in [3.05, 3.63) is 57.9 Å². The van der Waals surface area contributed by atoms with Gasteiger partial charge in [-0.15, -0.1) is 11.6 Å². The van der Waals surface area contributed by atoms with Gasteiger partial charge < -0.3 is 4.42 Å². The molecule has 1 atom stereocenters. The summed E-state index contributed by atoms with van der Waals surface area (Å²) in [5.41, 5.74) is 3.65. The fourth-order valence-electron chi connectivity index (χ4n) is 2.48. The van der Waals surface area contributed by atoms with Crippen LogP contribution >= 0.6 is 11.6 Å². The molecule has 1 unspecified atom stereocenters. The van der Waals surface area contributed by atoms with Crippen LogP contribution in [-0.2, 0) is 14.1 Å². The first-order chi connectivity index (χ1) is 9.50. The number of alkyl halides is 1. The molecule has 0 amide bonds. The van der Waals surface area contributed by atoms with Gasteiger partial charge in [-0.05, 0) is 36.2 Å². The Morgan fingerprint density at radius 2 is 1.85 bits per heavy atom. The molecular formula is C15H15ClN2O2. The molecule has 0 fully saturated rings. The minimum absolute atomic E-state index is 0.0440. The van der Waals surface area contributed by atoms with Crippen LogP contribution in [-0.4, -0.2) is 9.13 Å². The van der Waals surface area contributed by atoms with E-state index in [-0.39, 0.29) is 11.1 Å². The molecule has 0 N–H and O–H groups in total. The Labute approximate surface area is 121 Å². The van der Waals surface area contributed by atoms with Crippen molar-refractivity contribution >= 4 is 22.6 Å². The fourth-order valence-corrected chi connectivity index (χ4v) is 2.84. The largest absolute Gasteiger partial charge is 0.467 e. The number of hydrogen-bond acceptors (Lipinski definition) is 2. The lowest BCUT2D eigenvalue weighted by Gasteiger charge is -2.09. The minimum Gasteiger partial charge on any atom is -0.467 e. The van der Waals surface area contributed by atoms with E-state index in [0.29, 0.717) is 0 Å². The van der Waals surface area contributed by atoms with Gasteiger partial charge in [0.25, 0.3) is 0 Å². The third-order valence-corrected chi connectivity index (χ3v) is 4.17. The summed E-state index contributed by atoms with van der Waals surface area (Å²) in [6.07, 6.45) is 1.64. The van der Waals surface area contributed by atoms with Gasteiger partial charge in [0.15, 0.2) is 0 Å². The van der Waals surface area contributed by atoms with E-state index in [2.05, 4.69) is 0 Å². The number of imidazole rings is 1. The van der Waals surface area contributed by atoms with E-state index in [4.69, 9.17) is 16.0 Å². The van der Waals surface area contributed by atoms with E-state index in [1.807, 2.05) is 31.2 Å². The molecule has 0 saturated carbocycles. The van der Waals surface area contributed by atoms with E-state index in [1.165, 1.54) is 0 Å². The summed E-state index contributed by atoms with van der Waals surface area (Å²) in [5.74, 6) is 0.743. The summed E-state index contributed by atoms with van der Waals surface area (Å²) in [5, 5.41) is -0.357. The van der Waals surface area contributed by atoms with Crippen molar-refractivity contribution in [2.75, 3.05) is 0 Å².